The minimum atomic E-state index is 0.553. The highest BCUT2D eigenvalue weighted by molar-refractivity contribution is 6.31. The first-order valence-corrected chi connectivity index (χ1v) is 7.67. The summed E-state index contributed by atoms with van der Waals surface area (Å²) in [6.07, 6.45) is 1.05. The SMILES string of the molecule is CCc1ccc(CNc2nc3nc(C)c(Cl)c(C)n3n2)cc1. The summed E-state index contributed by atoms with van der Waals surface area (Å²) in [5, 5.41) is 8.26. The topological polar surface area (TPSA) is 55.1 Å². The Morgan fingerprint density at radius 1 is 1.09 bits per heavy atom. The van der Waals surface area contributed by atoms with Crippen molar-refractivity contribution in [1.82, 2.24) is 19.6 Å². The van der Waals surface area contributed by atoms with Crippen molar-refractivity contribution in [3.8, 4) is 0 Å². The van der Waals surface area contributed by atoms with Crippen LogP contribution < -0.4 is 5.32 Å². The van der Waals surface area contributed by atoms with Crippen LogP contribution in [0.4, 0.5) is 5.95 Å². The molecule has 0 bridgehead atoms. The van der Waals surface area contributed by atoms with Crippen LogP contribution in [0.25, 0.3) is 5.78 Å². The Labute approximate surface area is 134 Å². The second-order valence-corrected chi connectivity index (χ2v) is 5.65. The Hall–Kier alpha value is -2.14. The predicted octanol–water partition coefficient (Wildman–Crippen LogP) is 3.57. The fourth-order valence-corrected chi connectivity index (χ4v) is 2.43. The summed E-state index contributed by atoms with van der Waals surface area (Å²) < 4.78 is 1.66. The first-order chi connectivity index (χ1) is 10.6. The fraction of sp³-hybridized carbons (Fsp3) is 0.312. The lowest BCUT2D eigenvalue weighted by Crippen LogP contribution is -2.02. The van der Waals surface area contributed by atoms with Crippen molar-refractivity contribution in [1.29, 1.82) is 0 Å². The molecule has 0 unspecified atom stereocenters. The highest BCUT2D eigenvalue weighted by Crippen LogP contribution is 2.19. The van der Waals surface area contributed by atoms with E-state index in [4.69, 9.17) is 11.6 Å². The fourth-order valence-electron chi connectivity index (χ4n) is 2.30. The molecule has 0 aliphatic heterocycles. The molecule has 0 saturated heterocycles. The van der Waals surface area contributed by atoms with Crippen molar-refractivity contribution in [3.05, 3.63) is 51.8 Å². The molecule has 22 heavy (non-hydrogen) atoms. The van der Waals surface area contributed by atoms with E-state index >= 15 is 0 Å². The average molecular weight is 316 g/mol. The minimum Gasteiger partial charge on any atom is -0.349 e. The molecule has 114 valence electrons. The van der Waals surface area contributed by atoms with E-state index in [9.17, 15) is 0 Å². The van der Waals surface area contributed by atoms with Crippen molar-refractivity contribution in [2.24, 2.45) is 0 Å². The van der Waals surface area contributed by atoms with Crippen LogP contribution in [-0.4, -0.2) is 19.6 Å². The van der Waals surface area contributed by atoms with E-state index in [0.717, 1.165) is 17.8 Å². The molecular formula is C16H18ClN5. The normalized spacial score (nSPS) is 11.1. The van der Waals surface area contributed by atoms with Crippen molar-refractivity contribution < 1.29 is 0 Å². The van der Waals surface area contributed by atoms with Gasteiger partial charge in [0.15, 0.2) is 0 Å². The molecule has 0 atom stereocenters. The van der Waals surface area contributed by atoms with E-state index in [1.165, 1.54) is 11.1 Å². The van der Waals surface area contributed by atoms with E-state index in [1.54, 1.807) is 4.52 Å². The summed E-state index contributed by atoms with van der Waals surface area (Å²) in [6, 6.07) is 8.52. The number of aryl methyl sites for hydroxylation is 3. The monoisotopic (exact) mass is 315 g/mol. The van der Waals surface area contributed by atoms with Crippen molar-refractivity contribution >= 4 is 23.3 Å². The van der Waals surface area contributed by atoms with Gasteiger partial charge in [-0.15, -0.1) is 5.10 Å². The van der Waals surface area contributed by atoms with E-state index in [2.05, 4.69) is 51.6 Å². The lowest BCUT2D eigenvalue weighted by Gasteiger charge is -2.03. The minimum absolute atomic E-state index is 0.553. The van der Waals surface area contributed by atoms with E-state index in [0.29, 0.717) is 23.3 Å². The van der Waals surface area contributed by atoms with E-state index < -0.39 is 0 Å². The van der Waals surface area contributed by atoms with Gasteiger partial charge in [0, 0.05) is 6.54 Å². The van der Waals surface area contributed by atoms with Crippen molar-refractivity contribution in [2.45, 2.75) is 33.7 Å². The second kappa shape index (κ2) is 5.93. The molecule has 0 fully saturated rings. The maximum atomic E-state index is 6.20. The zero-order valence-corrected chi connectivity index (χ0v) is 13.6. The molecule has 1 N–H and O–H groups in total. The van der Waals surface area contributed by atoms with Gasteiger partial charge in [-0.05, 0) is 31.4 Å². The molecule has 5 nitrogen and oxygen atoms in total. The summed E-state index contributed by atoms with van der Waals surface area (Å²) in [5.41, 5.74) is 4.13. The lowest BCUT2D eigenvalue weighted by molar-refractivity contribution is 0.883. The van der Waals surface area contributed by atoms with Gasteiger partial charge in [-0.25, -0.2) is 4.98 Å². The van der Waals surface area contributed by atoms with Gasteiger partial charge in [-0.2, -0.15) is 9.50 Å². The number of halogens is 1. The molecule has 3 rings (SSSR count). The molecule has 0 saturated carbocycles. The van der Waals surface area contributed by atoms with Gasteiger partial charge in [0.25, 0.3) is 5.78 Å². The molecular weight excluding hydrogens is 298 g/mol. The summed E-state index contributed by atoms with van der Waals surface area (Å²) in [6.45, 7) is 6.60. The maximum Gasteiger partial charge on any atom is 0.254 e. The third-order valence-corrected chi connectivity index (χ3v) is 4.24. The Balaban J connectivity index is 1.80. The Morgan fingerprint density at radius 3 is 2.45 bits per heavy atom. The lowest BCUT2D eigenvalue weighted by atomic mass is 10.1. The molecule has 0 aliphatic carbocycles. The number of hydrogen-bond acceptors (Lipinski definition) is 4. The molecule has 1 aromatic carbocycles. The maximum absolute atomic E-state index is 6.20. The largest absolute Gasteiger partial charge is 0.349 e. The summed E-state index contributed by atoms with van der Waals surface area (Å²) >= 11 is 6.20. The van der Waals surface area contributed by atoms with Gasteiger partial charge in [0.2, 0.25) is 5.95 Å². The zero-order valence-electron chi connectivity index (χ0n) is 12.9. The molecule has 0 amide bonds. The summed E-state index contributed by atoms with van der Waals surface area (Å²) in [7, 11) is 0. The quantitative estimate of drug-likeness (QED) is 0.799. The van der Waals surface area contributed by atoms with Crippen LogP contribution in [0.3, 0.4) is 0 Å². The van der Waals surface area contributed by atoms with Gasteiger partial charge in [0.1, 0.15) is 0 Å². The molecule has 6 heteroatoms. The summed E-state index contributed by atoms with van der Waals surface area (Å²) in [5.74, 6) is 1.11. The van der Waals surface area contributed by atoms with Gasteiger partial charge >= 0.3 is 0 Å². The van der Waals surface area contributed by atoms with Crippen LogP contribution in [0.15, 0.2) is 24.3 Å². The second-order valence-electron chi connectivity index (χ2n) is 5.27. The Bertz CT molecular complexity index is 808. The highest BCUT2D eigenvalue weighted by Gasteiger charge is 2.11. The molecule has 0 aliphatic rings. The average Bonchev–Trinajstić information content (AvgIpc) is 2.94. The number of nitrogens with zero attached hydrogens (tertiary/aromatic N) is 4. The van der Waals surface area contributed by atoms with Crippen LogP contribution in [0.1, 0.15) is 29.4 Å². The van der Waals surface area contributed by atoms with Crippen LogP contribution in [0.2, 0.25) is 5.02 Å². The van der Waals surface area contributed by atoms with Crippen molar-refractivity contribution in [2.75, 3.05) is 5.32 Å². The van der Waals surface area contributed by atoms with Gasteiger partial charge < -0.3 is 5.32 Å². The van der Waals surface area contributed by atoms with E-state index in [-0.39, 0.29) is 0 Å². The third-order valence-electron chi connectivity index (χ3n) is 3.69. The van der Waals surface area contributed by atoms with Crippen LogP contribution in [0.5, 0.6) is 0 Å². The number of hydrogen-bond donors (Lipinski definition) is 1. The standard InChI is InChI=1S/C16H18ClN5/c1-4-12-5-7-13(8-6-12)9-18-15-20-16-19-10(2)14(17)11(3)22(16)21-15/h5-8H,4,9H2,1-3H3,(H,18,21). The Morgan fingerprint density at radius 2 is 1.77 bits per heavy atom. The molecule has 2 aromatic heterocycles. The van der Waals surface area contributed by atoms with Gasteiger partial charge in [-0.3, -0.25) is 0 Å². The first kappa shape index (κ1) is 14.8. The zero-order chi connectivity index (χ0) is 15.7. The number of anilines is 1. The third kappa shape index (κ3) is 2.76. The number of fused-ring (bicyclic) bond motifs is 1. The van der Waals surface area contributed by atoms with Crippen LogP contribution in [0, 0.1) is 13.8 Å². The molecule has 0 radical (unpaired) electrons. The van der Waals surface area contributed by atoms with Crippen LogP contribution in [-0.2, 0) is 13.0 Å². The van der Waals surface area contributed by atoms with Crippen LogP contribution >= 0.6 is 11.6 Å². The molecule has 2 heterocycles. The van der Waals surface area contributed by atoms with Crippen molar-refractivity contribution in [3.63, 3.8) is 0 Å². The number of benzene rings is 1. The number of aromatic nitrogens is 4. The molecule has 0 spiro atoms. The Kier molecular flexibility index (Phi) is 3.98. The number of rotatable bonds is 4. The predicted molar refractivity (Wildman–Crippen MR) is 88.4 cm³/mol. The smallest absolute Gasteiger partial charge is 0.254 e. The number of nitrogens with one attached hydrogen (secondary N) is 1. The van der Waals surface area contributed by atoms with Gasteiger partial charge in [-0.1, -0.05) is 42.8 Å². The molecule has 3 aromatic rings. The highest BCUT2D eigenvalue weighted by atomic mass is 35.5. The summed E-state index contributed by atoms with van der Waals surface area (Å²) in [4.78, 5) is 8.75. The first-order valence-electron chi connectivity index (χ1n) is 7.29. The van der Waals surface area contributed by atoms with Gasteiger partial charge in [0.05, 0.1) is 16.4 Å². The van der Waals surface area contributed by atoms with E-state index in [1.807, 2.05) is 13.8 Å².